The number of carbonyl (C=O) groups is 2. The first-order valence-electron chi connectivity index (χ1n) is 13.9. The second-order valence-corrected chi connectivity index (χ2v) is 10.7. The number of nitrogens with one attached hydrogen (secondary N) is 1. The number of alkyl halides is 5. The van der Waals surface area contributed by atoms with Crippen LogP contribution in [0.4, 0.5) is 36.8 Å². The lowest BCUT2D eigenvalue weighted by molar-refractivity contribution is -0.164. The summed E-state index contributed by atoms with van der Waals surface area (Å²) in [7, 11) is 1.24. The minimum absolute atomic E-state index is 0.00125. The number of amides is 2. The van der Waals surface area contributed by atoms with Gasteiger partial charge in [-0.15, -0.1) is 0 Å². The number of rotatable bonds is 11. The number of nitrogens with two attached hydrogens (primary N) is 1. The van der Waals surface area contributed by atoms with Gasteiger partial charge in [0.2, 0.25) is 0 Å². The van der Waals surface area contributed by atoms with E-state index in [0.29, 0.717) is 11.3 Å². The fraction of sp³-hybridized carbons (Fsp3) is 0.267. The highest BCUT2D eigenvalue weighted by atomic mass is 35.5. The Morgan fingerprint density at radius 1 is 1.17 bits per heavy atom. The number of guanidine groups is 1. The van der Waals surface area contributed by atoms with E-state index in [1.807, 2.05) is 5.32 Å². The van der Waals surface area contributed by atoms with Crippen LogP contribution in [0.1, 0.15) is 34.8 Å². The number of anilines is 1. The quantitative estimate of drug-likeness (QED) is 0.0810. The number of hydrazone groups is 1. The van der Waals surface area contributed by atoms with E-state index < -0.39 is 54.7 Å². The van der Waals surface area contributed by atoms with E-state index in [9.17, 15) is 35.9 Å². The van der Waals surface area contributed by atoms with Crippen LogP contribution in [-0.4, -0.2) is 72.8 Å². The third-order valence-electron chi connectivity index (χ3n) is 7.21. The summed E-state index contributed by atoms with van der Waals surface area (Å²) in [5.41, 5.74) is 4.26. The lowest BCUT2D eigenvalue weighted by Crippen LogP contribution is -2.49. The van der Waals surface area contributed by atoms with Crippen molar-refractivity contribution < 1.29 is 40.7 Å². The van der Waals surface area contributed by atoms with Crippen molar-refractivity contribution in [2.45, 2.75) is 37.1 Å². The van der Waals surface area contributed by atoms with E-state index in [-0.39, 0.29) is 39.7 Å². The molecule has 1 aromatic heterocycles. The molecule has 254 valence electrons. The Labute approximate surface area is 274 Å². The number of pyridine rings is 1. The summed E-state index contributed by atoms with van der Waals surface area (Å²) in [6.45, 7) is -0.899. The molecule has 0 aliphatic heterocycles. The van der Waals surface area contributed by atoms with Crippen molar-refractivity contribution in [1.29, 1.82) is 0 Å². The van der Waals surface area contributed by atoms with Crippen LogP contribution < -0.4 is 16.1 Å². The number of alkyl carbamates (subject to hydrolysis) is 1. The van der Waals surface area contributed by atoms with Gasteiger partial charge < -0.3 is 15.8 Å². The summed E-state index contributed by atoms with van der Waals surface area (Å²) in [6, 6.07) is 10.6. The predicted molar refractivity (Wildman–Crippen MR) is 167 cm³/mol. The third-order valence-corrected chi connectivity index (χ3v) is 7.53. The topological polar surface area (TPSA) is 138 Å². The summed E-state index contributed by atoms with van der Waals surface area (Å²) in [6.07, 6.45) is -5.16. The molecular formula is C30H27ClF6N8O3. The predicted octanol–water partition coefficient (Wildman–Crippen LogP) is 6.16. The van der Waals surface area contributed by atoms with E-state index in [1.54, 1.807) is 0 Å². The molecule has 0 radical (unpaired) electrons. The summed E-state index contributed by atoms with van der Waals surface area (Å²) >= 11 is 6.22. The molecular weight excluding hydrogens is 670 g/mol. The van der Waals surface area contributed by atoms with Crippen LogP contribution in [-0.2, 0) is 4.74 Å². The van der Waals surface area contributed by atoms with Gasteiger partial charge in [-0.3, -0.25) is 24.7 Å². The van der Waals surface area contributed by atoms with Crippen molar-refractivity contribution in [2.75, 3.05) is 18.7 Å². The van der Waals surface area contributed by atoms with Gasteiger partial charge in [0.05, 0.1) is 28.6 Å². The highest BCUT2D eigenvalue weighted by Gasteiger charge is 2.64. The van der Waals surface area contributed by atoms with Gasteiger partial charge in [0.1, 0.15) is 24.3 Å². The lowest BCUT2D eigenvalue weighted by Gasteiger charge is -2.32. The zero-order valence-corrected chi connectivity index (χ0v) is 25.7. The van der Waals surface area contributed by atoms with E-state index in [0.717, 1.165) is 23.5 Å². The van der Waals surface area contributed by atoms with Crippen molar-refractivity contribution in [1.82, 2.24) is 15.2 Å². The molecule has 0 spiro atoms. The second-order valence-electron chi connectivity index (χ2n) is 10.3. The molecule has 2 amide bonds. The van der Waals surface area contributed by atoms with Gasteiger partial charge in [-0.2, -0.15) is 27.1 Å². The number of aromatic nitrogens is 1. The van der Waals surface area contributed by atoms with E-state index >= 15 is 0 Å². The van der Waals surface area contributed by atoms with Crippen LogP contribution in [0.25, 0.3) is 11.3 Å². The van der Waals surface area contributed by atoms with E-state index in [1.165, 1.54) is 55.6 Å². The highest BCUT2D eigenvalue weighted by Crippen LogP contribution is 2.49. The first-order chi connectivity index (χ1) is 22.7. The molecule has 48 heavy (non-hydrogen) atoms. The first kappa shape index (κ1) is 35.7. The molecule has 0 unspecified atom stereocenters. The summed E-state index contributed by atoms with van der Waals surface area (Å²) in [5.74, 6) is -1.80. The van der Waals surface area contributed by atoms with Crippen LogP contribution in [0.2, 0.25) is 5.02 Å². The number of benzene rings is 2. The highest BCUT2D eigenvalue weighted by molar-refractivity contribution is 6.33. The average molecular weight is 697 g/mol. The molecule has 4 rings (SSSR count). The van der Waals surface area contributed by atoms with E-state index in [2.05, 4.69) is 26.8 Å². The minimum atomic E-state index is -4.74. The Kier molecular flexibility index (Phi) is 10.9. The van der Waals surface area contributed by atoms with Crippen LogP contribution in [0.3, 0.4) is 0 Å². The molecule has 1 fully saturated rings. The Balaban J connectivity index is 1.75. The Morgan fingerprint density at radius 2 is 1.85 bits per heavy atom. The van der Waals surface area contributed by atoms with Gasteiger partial charge in [-0.1, -0.05) is 29.8 Å². The Bertz CT molecular complexity index is 1700. The van der Waals surface area contributed by atoms with Crippen LogP contribution in [0.5, 0.6) is 0 Å². The molecule has 3 N–H and O–H groups in total. The van der Waals surface area contributed by atoms with Crippen molar-refractivity contribution in [3.63, 3.8) is 0 Å². The van der Waals surface area contributed by atoms with Gasteiger partial charge >= 0.3 is 18.8 Å². The lowest BCUT2D eigenvalue weighted by atomic mass is 10.0. The number of hydrogen-bond donors (Lipinski definition) is 2. The molecule has 2 aromatic carbocycles. The molecule has 1 saturated carbocycles. The van der Waals surface area contributed by atoms with Gasteiger partial charge in [0.25, 0.3) is 5.91 Å². The molecule has 1 heterocycles. The maximum absolute atomic E-state index is 14.0. The van der Waals surface area contributed by atoms with E-state index in [4.69, 9.17) is 22.1 Å². The monoisotopic (exact) mass is 696 g/mol. The van der Waals surface area contributed by atoms with Crippen molar-refractivity contribution >= 4 is 48.3 Å². The molecule has 0 bridgehead atoms. The molecule has 1 aliphatic carbocycles. The minimum Gasteiger partial charge on any atom is -0.447 e. The smallest absolute Gasteiger partial charge is 0.411 e. The second kappa shape index (κ2) is 14.7. The molecule has 1 atom stereocenters. The molecule has 0 saturated heterocycles. The van der Waals surface area contributed by atoms with Gasteiger partial charge in [0.15, 0.2) is 5.96 Å². The summed E-state index contributed by atoms with van der Waals surface area (Å²) in [5, 5.41) is 5.33. The fourth-order valence-corrected chi connectivity index (χ4v) is 4.72. The SMILES string of the molecule is C=N/C=N\N(c1cc([C@@H](COC(=O)NC2(C(F)(F)F)CC2)N(C(=O)c2ccc(-c3ccc(F)cn3)cc2)C(N)=NC)ccc1Cl)C(F)F. The van der Waals surface area contributed by atoms with Crippen molar-refractivity contribution in [3.8, 4) is 11.3 Å². The fourth-order valence-electron chi connectivity index (χ4n) is 4.51. The number of ether oxygens (including phenoxy) is 1. The van der Waals surface area contributed by atoms with Gasteiger partial charge in [0, 0.05) is 18.2 Å². The number of hydrogen-bond acceptors (Lipinski definition) is 7. The largest absolute Gasteiger partial charge is 0.447 e. The number of halogens is 7. The summed E-state index contributed by atoms with van der Waals surface area (Å²) < 4.78 is 87.0. The molecule has 18 heteroatoms. The Morgan fingerprint density at radius 3 is 2.40 bits per heavy atom. The van der Waals surface area contributed by atoms with Crippen LogP contribution in [0.15, 0.2) is 75.9 Å². The number of aliphatic imine (C=N–C) groups is 2. The van der Waals surface area contributed by atoms with Crippen molar-refractivity contribution in [2.24, 2.45) is 20.8 Å². The Hall–Kier alpha value is -5.19. The maximum atomic E-state index is 14.0. The van der Waals surface area contributed by atoms with Crippen LogP contribution in [0, 0.1) is 5.82 Å². The average Bonchev–Trinajstić information content (AvgIpc) is 3.85. The maximum Gasteiger partial charge on any atom is 0.411 e. The normalized spacial score (nSPS) is 14.8. The van der Waals surface area contributed by atoms with Crippen molar-refractivity contribution in [3.05, 3.63) is 82.8 Å². The molecule has 3 aromatic rings. The third kappa shape index (κ3) is 8.02. The van der Waals surface area contributed by atoms with Crippen LogP contribution >= 0.6 is 11.6 Å². The zero-order valence-electron chi connectivity index (χ0n) is 25.0. The number of nitrogens with zero attached hydrogens (tertiary/aromatic N) is 6. The van der Waals surface area contributed by atoms with Gasteiger partial charge in [-0.25, -0.2) is 14.2 Å². The zero-order chi connectivity index (χ0) is 35.2. The standard InChI is InChI=1S/C30H27ClF6N8O3/c1-39-16-42-45(26(33)34)23-13-19(7-9-21(23)31)24(15-48-28(47)43-29(11-12-29)30(35,36)37)44(27(38)40-2)25(46)18-5-3-17(4-6-18)22-10-8-20(32)14-41-22/h3-10,13-14,16,24,26H,1,11-12,15H2,2H3,(H2,38,40)(H,43,47)/b42-16-/t24-/m1/s1. The molecule has 1 aliphatic rings. The molecule has 11 nitrogen and oxygen atoms in total. The summed E-state index contributed by atoms with van der Waals surface area (Å²) in [4.78, 5) is 38.7. The first-order valence-corrected chi connectivity index (χ1v) is 14.2. The van der Waals surface area contributed by atoms with Gasteiger partial charge in [-0.05, 0) is 61.5 Å². The number of carbonyl (C=O) groups excluding carboxylic acids is 2.